The van der Waals surface area contributed by atoms with Crippen molar-refractivity contribution in [3.63, 3.8) is 0 Å². The fraction of sp³-hybridized carbons (Fsp3) is 0.953. The Kier molecular flexibility index (Phi) is 72.5. The van der Waals surface area contributed by atoms with E-state index in [9.17, 15) is 43.2 Å². The molecule has 0 fully saturated rings. The Labute approximate surface area is 638 Å². The van der Waals surface area contributed by atoms with Crippen LogP contribution in [0.3, 0.4) is 0 Å². The molecule has 0 aliphatic heterocycles. The Balaban J connectivity index is 5.23. The largest absolute Gasteiger partial charge is 0.472 e. The summed E-state index contributed by atoms with van der Waals surface area (Å²) >= 11 is 0. The molecule has 3 unspecified atom stereocenters. The first kappa shape index (κ1) is 102. The average Bonchev–Trinajstić information content (AvgIpc) is 0.903. The summed E-state index contributed by atoms with van der Waals surface area (Å²) in [6, 6.07) is 0. The topological polar surface area (TPSA) is 237 Å². The van der Waals surface area contributed by atoms with Crippen LogP contribution >= 0.6 is 15.6 Å². The molecule has 0 amide bonds. The molecular weight excluding hydrogens is 1350 g/mol. The van der Waals surface area contributed by atoms with Crippen LogP contribution in [-0.2, 0) is 65.4 Å². The van der Waals surface area contributed by atoms with Gasteiger partial charge in [-0.05, 0) is 49.4 Å². The molecule has 0 aliphatic rings. The van der Waals surface area contributed by atoms with E-state index in [-0.39, 0.29) is 25.7 Å². The summed E-state index contributed by atoms with van der Waals surface area (Å²) in [6.45, 7) is 14.3. The number of aliphatic hydroxyl groups excluding tert-OH is 1. The van der Waals surface area contributed by atoms with Crippen LogP contribution in [0.25, 0.3) is 0 Å². The highest BCUT2D eigenvalue weighted by molar-refractivity contribution is 7.47. The van der Waals surface area contributed by atoms with E-state index >= 15 is 0 Å². The van der Waals surface area contributed by atoms with Crippen molar-refractivity contribution < 1.29 is 80.2 Å². The van der Waals surface area contributed by atoms with E-state index in [1.807, 2.05) is 0 Å². The van der Waals surface area contributed by atoms with Crippen molar-refractivity contribution in [1.82, 2.24) is 0 Å². The zero-order valence-corrected chi connectivity index (χ0v) is 70.5. The Bertz CT molecular complexity index is 2020. The third-order valence-electron chi connectivity index (χ3n) is 19.8. The summed E-state index contributed by atoms with van der Waals surface area (Å²) in [5.41, 5.74) is 0. The molecule has 0 heterocycles. The molecule has 0 aliphatic carbocycles. The highest BCUT2D eigenvalue weighted by Gasteiger charge is 2.30. The van der Waals surface area contributed by atoms with Crippen molar-refractivity contribution in [3.05, 3.63) is 0 Å². The van der Waals surface area contributed by atoms with Crippen molar-refractivity contribution in [2.24, 2.45) is 23.7 Å². The summed E-state index contributed by atoms with van der Waals surface area (Å²) in [7, 11) is -9.93. The first-order valence-electron chi connectivity index (χ1n) is 43.7. The van der Waals surface area contributed by atoms with Gasteiger partial charge >= 0.3 is 39.5 Å². The lowest BCUT2D eigenvalue weighted by Gasteiger charge is -2.21. The number of esters is 4. The molecule has 5 atom stereocenters. The van der Waals surface area contributed by atoms with Crippen LogP contribution in [-0.4, -0.2) is 96.7 Å². The lowest BCUT2D eigenvalue weighted by molar-refractivity contribution is -0.161. The van der Waals surface area contributed by atoms with E-state index in [0.717, 1.165) is 114 Å². The Morgan fingerprint density at radius 2 is 0.404 bits per heavy atom. The minimum absolute atomic E-state index is 0.105. The van der Waals surface area contributed by atoms with Crippen molar-refractivity contribution in [3.8, 4) is 0 Å². The first-order valence-corrected chi connectivity index (χ1v) is 46.7. The predicted molar refractivity (Wildman–Crippen MR) is 428 cm³/mol. The van der Waals surface area contributed by atoms with Crippen molar-refractivity contribution >= 4 is 39.5 Å². The lowest BCUT2D eigenvalue weighted by atomic mass is 10.0. The number of rotatable bonds is 82. The Hall–Kier alpha value is -1.94. The van der Waals surface area contributed by atoms with Gasteiger partial charge in [0.25, 0.3) is 0 Å². The van der Waals surface area contributed by atoms with Gasteiger partial charge in [-0.3, -0.25) is 37.3 Å². The van der Waals surface area contributed by atoms with Gasteiger partial charge in [-0.15, -0.1) is 0 Å². The molecule has 19 heteroatoms. The SMILES string of the molecule is CC(C)CCCCCCCCCCCCCCCCCCCCC(=O)OC[C@H](COP(=O)(O)OCC(O)COP(=O)(O)OC[C@@H](COC(=O)CCCCCCCCCCC(C)C)OC(=O)CCCCCCCCCCCCC(C)C)OC(=O)CCCCCCCCCCCCCCCCCCC(C)C. The quantitative estimate of drug-likeness (QED) is 0.0222. The molecule has 0 spiro atoms. The standard InChI is InChI=1S/C85H166O17P2/c1-75(2)61-53-45-37-29-23-19-15-11-9-10-12-17-21-25-32-41-49-57-65-82(87)95-71-80(101-84(89)67-59-51-43-33-26-22-18-14-13-16-20-24-30-38-46-54-62-76(3)4)73-99-103(91,92)97-69-79(86)70-98-104(93,94)100-74-81(72-96-83(88)66-58-50-42-36-35-40-48-56-64-78(7)8)102-85(90)68-60-52-44-34-28-27-31-39-47-55-63-77(5)6/h75-81,86H,9-74H2,1-8H3,(H,91,92)(H,93,94)/t79?,80-,81-/m1/s1. The van der Waals surface area contributed by atoms with Gasteiger partial charge in [0.15, 0.2) is 12.2 Å². The zero-order valence-electron chi connectivity index (χ0n) is 68.7. The molecule has 0 saturated carbocycles. The number of ether oxygens (including phenoxy) is 4. The molecule has 0 bridgehead atoms. The van der Waals surface area contributed by atoms with Crippen LogP contribution in [0.1, 0.15) is 441 Å². The molecule has 0 saturated heterocycles. The third-order valence-corrected chi connectivity index (χ3v) is 21.7. The number of carbonyl (C=O) groups is 4. The molecular formula is C85H166O17P2. The predicted octanol–water partition coefficient (Wildman–Crippen LogP) is 25.6. The van der Waals surface area contributed by atoms with E-state index in [2.05, 4.69) is 55.4 Å². The van der Waals surface area contributed by atoms with Gasteiger partial charge in [-0.1, -0.05) is 389 Å². The van der Waals surface area contributed by atoms with Crippen molar-refractivity contribution in [1.29, 1.82) is 0 Å². The van der Waals surface area contributed by atoms with Crippen LogP contribution in [0.2, 0.25) is 0 Å². The Morgan fingerprint density at radius 3 is 0.596 bits per heavy atom. The minimum atomic E-state index is -4.97. The maximum absolute atomic E-state index is 13.1. The van der Waals surface area contributed by atoms with E-state index in [0.29, 0.717) is 25.7 Å². The zero-order chi connectivity index (χ0) is 76.7. The molecule has 17 nitrogen and oxygen atoms in total. The van der Waals surface area contributed by atoms with Gasteiger partial charge in [0.2, 0.25) is 0 Å². The highest BCUT2D eigenvalue weighted by atomic mass is 31.2. The van der Waals surface area contributed by atoms with Crippen LogP contribution in [0.4, 0.5) is 0 Å². The second-order valence-electron chi connectivity index (χ2n) is 32.5. The van der Waals surface area contributed by atoms with E-state index < -0.39 is 97.5 Å². The fourth-order valence-corrected chi connectivity index (χ4v) is 14.7. The molecule has 0 rings (SSSR count). The summed E-state index contributed by atoms with van der Waals surface area (Å²) in [5.74, 6) is 1.00. The van der Waals surface area contributed by atoms with Crippen LogP contribution in [0, 0.1) is 23.7 Å². The average molecular weight is 1520 g/mol. The second kappa shape index (κ2) is 73.8. The molecule has 0 aromatic carbocycles. The van der Waals surface area contributed by atoms with E-state index in [1.54, 1.807) is 0 Å². The summed E-state index contributed by atoms with van der Waals surface area (Å²) in [4.78, 5) is 73.2. The van der Waals surface area contributed by atoms with Gasteiger partial charge in [0, 0.05) is 25.7 Å². The summed E-state index contributed by atoms with van der Waals surface area (Å²) in [6.07, 6.45) is 62.6. The molecule has 618 valence electrons. The van der Waals surface area contributed by atoms with Crippen LogP contribution in [0.15, 0.2) is 0 Å². The van der Waals surface area contributed by atoms with Crippen molar-refractivity contribution in [2.75, 3.05) is 39.6 Å². The molecule has 0 aromatic rings. The number of aliphatic hydroxyl groups is 1. The molecule has 104 heavy (non-hydrogen) atoms. The molecule has 0 aromatic heterocycles. The number of hydrogen-bond acceptors (Lipinski definition) is 15. The lowest BCUT2D eigenvalue weighted by Crippen LogP contribution is -2.30. The second-order valence-corrected chi connectivity index (χ2v) is 35.4. The van der Waals surface area contributed by atoms with Gasteiger partial charge < -0.3 is 33.8 Å². The van der Waals surface area contributed by atoms with Gasteiger partial charge in [0.1, 0.15) is 19.3 Å². The van der Waals surface area contributed by atoms with Crippen LogP contribution in [0.5, 0.6) is 0 Å². The van der Waals surface area contributed by atoms with Gasteiger partial charge in [-0.2, -0.15) is 0 Å². The van der Waals surface area contributed by atoms with E-state index in [4.69, 9.17) is 37.0 Å². The van der Waals surface area contributed by atoms with Crippen LogP contribution < -0.4 is 0 Å². The smallest absolute Gasteiger partial charge is 0.462 e. The first-order chi connectivity index (χ1) is 50.1. The number of hydrogen-bond donors (Lipinski definition) is 3. The van der Waals surface area contributed by atoms with E-state index in [1.165, 1.54) is 244 Å². The highest BCUT2D eigenvalue weighted by Crippen LogP contribution is 2.45. The van der Waals surface area contributed by atoms with Gasteiger partial charge in [-0.25, -0.2) is 9.13 Å². The molecule has 3 N–H and O–H groups in total. The maximum Gasteiger partial charge on any atom is 0.472 e. The molecule has 0 radical (unpaired) electrons. The summed E-state index contributed by atoms with van der Waals surface area (Å²) in [5, 5.41) is 10.7. The normalized spacial score (nSPS) is 14.0. The van der Waals surface area contributed by atoms with Gasteiger partial charge in [0.05, 0.1) is 26.4 Å². The van der Waals surface area contributed by atoms with Crippen molar-refractivity contribution in [2.45, 2.75) is 459 Å². The maximum atomic E-state index is 13.1. The number of phosphoric acid groups is 2. The number of carbonyl (C=O) groups excluding carboxylic acids is 4. The Morgan fingerprint density at radius 1 is 0.240 bits per heavy atom. The third kappa shape index (κ3) is 78.2. The number of phosphoric ester groups is 2. The summed E-state index contributed by atoms with van der Waals surface area (Å²) < 4.78 is 68.8. The minimum Gasteiger partial charge on any atom is -0.462 e. The number of unbranched alkanes of at least 4 members (excludes halogenated alkanes) is 48. The fourth-order valence-electron chi connectivity index (χ4n) is 13.1. The monoisotopic (exact) mass is 1520 g/mol.